The molecule has 0 radical (unpaired) electrons. The van der Waals surface area contributed by atoms with E-state index in [4.69, 9.17) is 14.2 Å². The van der Waals surface area contributed by atoms with Gasteiger partial charge in [0, 0.05) is 31.1 Å². The zero-order valence-corrected chi connectivity index (χ0v) is 14.1. The predicted molar refractivity (Wildman–Crippen MR) is 60.0 cm³/mol. The first-order valence-corrected chi connectivity index (χ1v) is 5.73. The fourth-order valence-corrected chi connectivity index (χ4v) is 2.30. The minimum atomic E-state index is -0.695. The molecule has 2 saturated heterocycles. The topological polar surface area (TPSA) is 47.9 Å². The number of benzene rings is 1. The van der Waals surface area contributed by atoms with Crippen LogP contribution in [0.25, 0.3) is 0 Å². The number of aliphatic hydroxyl groups is 1. The molecule has 96 valence electrons. The van der Waals surface area contributed by atoms with E-state index in [1.807, 2.05) is 30.3 Å². The van der Waals surface area contributed by atoms with E-state index in [1.54, 1.807) is 6.61 Å². The minimum Gasteiger partial charge on any atom is -0.540 e. The van der Waals surface area contributed by atoms with Gasteiger partial charge < -0.3 is 19.3 Å². The van der Waals surface area contributed by atoms with Crippen LogP contribution in [0.15, 0.2) is 30.3 Å². The summed E-state index contributed by atoms with van der Waals surface area (Å²) < 4.78 is 16.8. The number of hydrogen-bond donors (Lipinski definition) is 1. The van der Waals surface area contributed by atoms with Crippen LogP contribution in [0.1, 0.15) is 5.56 Å². The Labute approximate surface area is 130 Å². The molecular formula is C13H15O4U-. The van der Waals surface area contributed by atoms with Crippen LogP contribution in [0, 0.1) is 37.7 Å². The molecule has 0 saturated carbocycles. The molecule has 0 aromatic heterocycles. The first kappa shape index (κ1) is 14.5. The summed E-state index contributed by atoms with van der Waals surface area (Å²) in [6, 6.07) is 9.94. The van der Waals surface area contributed by atoms with Crippen LogP contribution in [0.3, 0.4) is 0 Å². The first-order chi connectivity index (χ1) is 8.34. The van der Waals surface area contributed by atoms with Crippen LogP contribution >= 0.6 is 0 Å². The normalized spacial score (nSPS) is 33.4. The van der Waals surface area contributed by atoms with Crippen molar-refractivity contribution in [1.82, 2.24) is 0 Å². The summed E-state index contributed by atoms with van der Waals surface area (Å²) >= 11 is 0. The molecular weight excluding hydrogens is 458 g/mol. The molecule has 4 nitrogen and oxygen atoms in total. The molecule has 2 heterocycles. The van der Waals surface area contributed by atoms with Crippen LogP contribution in [0.4, 0.5) is 0 Å². The summed E-state index contributed by atoms with van der Waals surface area (Å²) in [5, 5.41) is 9.41. The summed E-state index contributed by atoms with van der Waals surface area (Å²) in [6.45, 7) is 2.43. The van der Waals surface area contributed by atoms with E-state index in [1.165, 1.54) is 0 Å². The van der Waals surface area contributed by atoms with Gasteiger partial charge in [0.2, 0.25) is 0 Å². The molecule has 18 heavy (non-hydrogen) atoms. The van der Waals surface area contributed by atoms with Crippen molar-refractivity contribution in [1.29, 1.82) is 0 Å². The molecule has 0 aliphatic carbocycles. The second kappa shape index (κ2) is 6.04. The van der Waals surface area contributed by atoms with E-state index in [-0.39, 0.29) is 49.9 Å². The van der Waals surface area contributed by atoms with E-state index < -0.39 is 5.60 Å². The molecule has 3 atom stereocenters. The van der Waals surface area contributed by atoms with Crippen molar-refractivity contribution in [3.63, 3.8) is 0 Å². The molecule has 2 unspecified atom stereocenters. The third kappa shape index (κ3) is 2.53. The first-order valence-electron chi connectivity index (χ1n) is 5.73. The fourth-order valence-electron chi connectivity index (χ4n) is 2.30. The van der Waals surface area contributed by atoms with Crippen molar-refractivity contribution in [2.45, 2.75) is 24.4 Å². The predicted octanol–water partition coefficient (Wildman–Crippen LogP) is 0.894. The molecule has 1 aromatic carbocycles. The van der Waals surface area contributed by atoms with Crippen molar-refractivity contribution in [2.75, 3.05) is 13.2 Å². The molecule has 2 bridgehead atoms. The molecule has 1 aromatic rings. The molecule has 2 aliphatic heterocycles. The summed E-state index contributed by atoms with van der Waals surface area (Å²) in [5.41, 5.74) is 0.409. The SMILES string of the molecule is OC[C@@]12COC([CH-]O1)C2OCc1ccccc1.[U]. The zero-order valence-electron chi connectivity index (χ0n) is 9.91. The third-order valence-corrected chi connectivity index (χ3v) is 3.31. The van der Waals surface area contributed by atoms with Crippen molar-refractivity contribution in [2.24, 2.45) is 0 Å². The Morgan fingerprint density at radius 3 is 2.78 bits per heavy atom. The summed E-state index contributed by atoms with van der Waals surface area (Å²) in [6.07, 6.45) is -0.376. The average molecular weight is 473 g/mol. The maximum absolute atomic E-state index is 9.41. The van der Waals surface area contributed by atoms with Crippen molar-refractivity contribution in [3.8, 4) is 0 Å². The maximum atomic E-state index is 9.41. The Morgan fingerprint density at radius 2 is 2.17 bits per heavy atom. The van der Waals surface area contributed by atoms with Gasteiger partial charge in [0.05, 0.1) is 25.9 Å². The zero-order chi connectivity index (χ0) is 11.7. The molecule has 5 heteroatoms. The smallest absolute Gasteiger partial charge is 0.109 e. The molecule has 0 amide bonds. The quantitative estimate of drug-likeness (QED) is 0.661. The van der Waals surface area contributed by atoms with E-state index in [2.05, 4.69) is 0 Å². The monoisotopic (exact) mass is 473 g/mol. The van der Waals surface area contributed by atoms with Crippen molar-refractivity contribution >= 4 is 0 Å². The second-order valence-corrected chi connectivity index (χ2v) is 4.47. The maximum Gasteiger partial charge on any atom is 0.109 e. The molecule has 2 aliphatic rings. The Hall–Kier alpha value is 0.112. The number of aliphatic hydroxyl groups excluding tert-OH is 1. The van der Waals surface area contributed by atoms with Gasteiger partial charge >= 0.3 is 0 Å². The van der Waals surface area contributed by atoms with Gasteiger partial charge in [-0.25, -0.2) is 0 Å². The molecule has 1 N–H and O–H groups in total. The largest absolute Gasteiger partial charge is 0.540 e. The third-order valence-electron chi connectivity index (χ3n) is 3.31. The fraction of sp³-hybridized carbons (Fsp3) is 0.462. The van der Waals surface area contributed by atoms with Crippen molar-refractivity contribution < 1.29 is 50.4 Å². The van der Waals surface area contributed by atoms with Crippen LogP contribution in [-0.4, -0.2) is 36.1 Å². The van der Waals surface area contributed by atoms with E-state index in [9.17, 15) is 5.11 Å². The number of rotatable bonds is 4. The second-order valence-electron chi connectivity index (χ2n) is 4.47. The van der Waals surface area contributed by atoms with E-state index in [0.717, 1.165) is 5.56 Å². The Balaban J connectivity index is 0.00000120. The van der Waals surface area contributed by atoms with Gasteiger partial charge in [-0.2, -0.15) is 6.61 Å². The molecule has 2 fully saturated rings. The van der Waals surface area contributed by atoms with Gasteiger partial charge in [0.1, 0.15) is 5.60 Å². The standard InChI is InChI=1S/C13H15O4.U/c14-8-13-9-16-11(7-17-13)12(13)15-6-10-4-2-1-3-5-10;/h1-5,7,11-12,14H,6,8-9H2;/q-1;/t11?,12?,13-;/m0./s1. The van der Waals surface area contributed by atoms with E-state index in [0.29, 0.717) is 13.2 Å². The van der Waals surface area contributed by atoms with Gasteiger partial charge in [0.25, 0.3) is 0 Å². The Morgan fingerprint density at radius 1 is 1.39 bits per heavy atom. The summed E-state index contributed by atoms with van der Waals surface area (Å²) in [7, 11) is 0. The Bertz CT molecular complexity index is 376. The summed E-state index contributed by atoms with van der Waals surface area (Å²) in [5.74, 6) is 0. The average Bonchev–Trinajstić information content (AvgIpc) is 2.92. The molecule has 0 spiro atoms. The number of ether oxygens (including phenoxy) is 3. The van der Waals surface area contributed by atoms with Crippen molar-refractivity contribution in [3.05, 3.63) is 42.5 Å². The van der Waals surface area contributed by atoms with Crippen LogP contribution in [0.5, 0.6) is 0 Å². The Kier molecular flexibility index (Phi) is 4.87. The van der Waals surface area contributed by atoms with Gasteiger partial charge in [0.15, 0.2) is 0 Å². The van der Waals surface area contributed by atoms with Gasteiger partial charge in [-0.3, -0.25) is 0 Å². The van der Waals surface area contributed by atoms with Crippen LogP contribution < -0.4 is 0 Å². The van der Waals surface area contributed by atoms with Gasteiger partial charge in [-0.15, -0.1) is 0 Å². The van der Waals surface area contributed by atoms with E-state index >= 15 is 0 Å². The minimum absolute atomic E-state index is 0. The number of hydrogen-bond acceptors (Lipinski definition) is 4. The number of fused-ring (bicyclic) bond motifs is 2. The van der Waals surface area contributed by atoms with Crippen LogP contribution in [-0.2, 0) is 20.8 Å². The molecule has 3 rings (SSSR count). The van der Waals surface area contributed by atoms with Gasteiger partial charge in [-0.05, 0) is 11.7 Å². The summed E-state index contributed by atoms with van der Waals surface area (Å²) in [4.78, 5) is 0. The van der Waals surface area contributed by atoms with Gasteiger partial charge in [-0.1, -0.05) is 30.3 Å². The van der Waals surface area contributed by atoms with Crippen LogP contribution in [0.2, 0.25) is 0 Å².